The molecule has 0 spiro atoms. The van der Waals surface area contributed by atoms with Crippen LogP contribution >= 0.6 is 23.7 Å². The SMILES string of the molecule is CCC(C)NCc1sccc1C.Cl. The fourth-order valence-corrected chi connectivity index (χ4v) is 1.85. The summed E-state index contributed by atoms with van der Waals surface area (Å²) < 4.78 is 0. The van der Waals surface area contributed by atoms with E-state index >= 15 is 0 Å². The maximum Gasteiger partial charge on any atom is 0.0304 e. The molecule has 0 saturated heterocycles. The Labute approximate surface area is 91.0 Å². The van der Waals surface area contributed by atoms with Crippen LogP contribution in [0.25, 0.3) is 0 Å². The monoisotopic (exact) mass is 219 g/mol. The van der Waals surface area contributed by atoms with Gasteiger partial charge in [0.1, 0.15) is 0 Å². The number of rotatable bonds is 4. The molecule has 0 fully saturated rings. The van der Waals surface area contributed by atoms with E-state index in [1.54, 1.807) is 0 Å². The van der Waals surface area contributed by atoms with Crippen molar-refractivity contribution >= 4 is 23.7 Å². The molecule has 1 heterocycles. The summed E-state index contributed by atoms with van der Waals surface area (Å²) in [6.45, 7) is 7.63. The zero-order valence-electron chi connectivity index (χ0n) is 8.46. The molecule has 0 aliphatic carbocycles. The second-order valence-electron chi connectivity index (χ2n) is 3.22. The molecule has 0 radical (unpaired) electrons. The third kappa shape index (κ3) is 4.12. The van der Waals surface area contributed by atoms with Gasteiger partial charge in [-0.2, -0.15) is 0 Å². The van der Waals surface area contributed by atoms with Gasteiger partial charge in [-0.15, -0.1) is 23.7 Å². The first kappa shape index (κ1) is 12.9. The highest BCUT2D eigenvalue weighted by molar-refractivity contribution is 7.10. The minimum absolute atomic E-state index is 0. The summed E-state index contributed by atoms with van der Waals surface area (Å²) >= 11 is 1.84. The van der Waals surface area contributed by atoms with Gasteiger partial charge in [-0.1, -0.05) is 6.92 Å². The van der Waals surface area contributed by atoms with Crippen LogP contribution in [0, 0.1) is 6.92 Å². The first-order chi connectivity index (χ1) is 5.74. The molecule has 0 aromatic carbocycles. The molecular formula is C10H18ClNS. The van der Waals surface area contributed by atoms with Crippen molar-refractivity contribution in [1.29, 1.82) is 0 Å². The largest absolute Gasteiger partial charge is 0.309 e. The average molecular weight is 220 g/mol. The Balaban J connectivity index is 0.00000144. The Kier molecular flexibility index (Phi) is 6.39. The van der Waals surface area contributed by atoms with Gasteiger partial charge in [0.25, 0.3) is 0 Å². The molecular weight excluding hydrogens is 202 g/mol. The van der Waals surface area contributed by atoms with Gasteiger partial charge in [-0.3, -0.25) is 0 Å². The standard InChI is InChI=1S/C10H17NS.ClH/c1-4-9(3)11-7-10-8(2)5-6-12-10;/h5-6,9,11H,4,7H2,1-3H3;1H. The zero-order valence-corrected chi connectivity index (χ0v) is 10.1. The Morgan fingerprint density at radius 3 is 2.69 bits per heavy atom. The van der Waals surface area contributed by atoms with E-state index in [0.29, 0.717) is 6.04 Å². The minimum atomic E-state index is 0. The highest BCUT2D eigenvalue weighted by Gasteiger charge is 2.01. The number of aryl methyl sites for hydroxylation is 1. The van der Waals surface area contributed by atoms with Crippen LogP contribution in [0.2, 0.25) is 0 Å². The molecule has 1 aromatic heterocycles. The van der Waals surface area contributed by atoms with Crippen LogP contribution in [0.1, 0.15) is 30.7 Å². The second-order valence-corrected chi connectivity index (χ2v) is 4.22. The van der Waals surface area contributed by atoms with Crippen molar-refractivity contribution in [3.8, 4) is 0 Å². The van der Waals surface area contributed by atoms with Crippen LogP contribution < -0.4 is 5.32 Å². The summed E-state index contributed by atoms with van der Waals surface area (Å²) in [6, 6.07) is 2.81. The van der Waals surface area contributed by atoms with E-state index in [2.05, 4.69) is 37.5 Å². The molecule has 0 saturated carbocycles. The molecule has 1 atom stereocenters. The van der Waals surface area contributed by atoms with Crippen LogP contribution in [0.4, 0.5) is 0 Å². The van der Waals surface area contributed by atoms with Gasteiger partial charge in [-0.25, -0.2) is 0 Å². The molecule has 3 heteroatoms. The lowest BCUT2D eigenvalue weighted by molar-refractivity contribution is 0.536. The number of thiophene rings is 1. The van der Waals surface area contributed by atoms with Crippen molar-refractivity contribution in [1.82, 2.24) is 5.32 Å². The molecule has 0 aliphatic rings. The molecule has 0 aliphatic heterocycles. The zero-order chi connectivity index (χ0) is 8.97. The molecule has 1 rings (SSSR count). The Morgan fingerprint density at radius 2 is 2.23 bits per heavy atom. The molecule has 1 aromatic rings. The number of hydrogen-bond donors (Lipinski definition) is 1. The molecule has 13 heavy (non-hydrogen) atoms. The van der Waals surface area contributed by atoms with E-state index in [9.17, 15) is 0 Å². The third-order valence-electron chi connectivity index (χ3n) is 2.19. The van der Waals surface area contributed by atoms with Crippen molar-refractivity contribution in [2.75, 3.05) is 0 Å². The van der Waals surface area contributed by atoms with Crippen molar-refractivity contribution in [2.45, 2.75) is 39.8 Å². The molecule has 0 amide bonds. The summed E-state index contributed by atoms with van der Waals surface area (Å²) in [5, 5.41) is 5.64. The van der Waals surface area contributed by atoms with E-state index in [1.807, 2.05) is 11.3 Å². The summed E-state index contributed by atoms with van der Waals surface area (Å²) in [6.07, 6.45) is 1.20. The Bertz CT molecular complexity index is 235. The van der Waals surface area contributed by atoms with Crippen LogP contribution in [-0.2, 0) is 6.54 Å². The maximum atomic E-state index is 3.49. The van der Waals surface area contributed by atoms with Gasteiger partial charge in [0, 0.05) is 17.5 Å². The van der Waals surface area contributed by atoms with E-state index in [4.69, 9.17) is 0 Å². The first-order valence-corrected chi connectivity index (χ1v) is 5.38. The number of halogens is 1. The smallest absolute Gasteiger partial charge is 0.0304 e. The van der Waals surface area contributed by atoms with Gasteiger partial charge in [0.2, 0.25) is 0 Å². The lowest BCUT2D eigenvalue weighted by Gasteiger charge is -2.10. The summed E-state index contributed by atoms with van der Waals surface area (Å²) in [5.41, 5.74) is 1.41. The predicted octanol–water partition coefficient (Wildman–Crippen LogP) is 3.37. The summed E-state index contributed by atoms with van der Waals surface area (Å²) in [5.74, 6) is 0. The molecule has 1 nitrogen and oxygen atoms in total. The fraction of sp³-hybridized carbons (Fsp3) is 0.600. The lowest BCUT2D eigenvalue weighted by Crippen LogP contribution is -2.24. The minimum Gasteiger partial charge on any atom is -0.309 e. The van der Waals surface area contributed by atoms with Crippen molar-refractivity contribution in [3.63, 3.8) is 0 Å². The fourth-order valence-electron chi connectivity index (χ4n) is 0.996. The number of hydrogen-bond acceptors (Lipinski definition) is 2. The van der Waals surface area contributed by atoms with E-state index in [0.717, 1.165) is 6.54 Å². The lowest BCUT2D eigenvalue weighted by atomic mass is 10.2. The van der Waals surface area contributed by atoms with E-state index in [1.165, 1.54) is 16.9 Å². The van der Waals surface area contributed by atoms with Crippen molar-refractivity contribution < 1.29 is 0 Å². The van der Waals surface area contributed by atoms with Gasteiger partial charge >= 0.3 is 0 Å². The van der Waals surface area contributed by atoms with Crippen LogP contribution in [0.5, 0.6) is 0 Å². The second kappa shape index (κ2) is 6.41. The Hall–Kier alpha value is -0.0500. The van der Waals surface area contributed by atoms with Gasteiger partial charge in [0.15, 0.2) is 0 Å². The van der Waals surface area contributed by atoms with E-state index < -0.39 is 0 Å². The highest BCUT2D eigenvalue weighted by Crippen LogP contribution is 2.15. The molecule has 0 bridgehead atoms. The number of nitrogens with one attached hydrogen (secondary N) is 1. The summed E-state index contributed by atoms with van der Waals surface area (Å²) in [4.78, 5) is 1.47. The predicted molar refractivity (Wildman–Crippen MR) is 62.9 cm³/mol. The molecule has 1 unspecified atom stereocenters. The first-order valence-electron chi connectivity index (χ1n) is 4.50. The van der Waals surface area contributed by atoms with Gasteiger partial charge in [-0.05, 0) is 37.3 Å². The third-order valence-corrected chi connectivity index (χ3v) is 3.21. The van der Waals surface area contributed by atoms with Gasteiger partial charge < -0.3 is 5.32 Å². The van der Waals surface area contributed by atoms with Crippen molar-refractivity contribution in [2.24, 2.45) is 0 Å². The topological polar surface area (TPSA) is 12.0 Å². The van der Waals surface area contributed by atoms with E-state index in [-0.39, 0.29) is 12.4 Å². The van der Waals surface area contributed by atoms with Crippen LogP contribution in [0.15, 0.2) is 11.4 Å². The van der Waals surface area contributed by atoms with Crippen LogP contribution in [-0.4, -0.2) is 6.04 Å². The average Bonchev–Trinajstić information content (AvgIpc) is 2.47. The normalized spacial score (nSPS) is 12.2. The molecule has 76 valence electrons. The van der Waals surface area contributed by atoms with Gasteiger partial charge in [0.05, 0.1) is 0 Å². The highest BCUT2D eigenvalue weighted by atomic mass is 35.5. The maximum absolute atomic E-state index is 3.49. The van der Waals surface area contributed by atoms with Crippen molar-refractivity contribution in [3.05, 3.63) is 21.9 Å². The Morgan fingerprint density at radius 1 is 1.54 bits per heavy atom. The van der Waals surface area contributed by atoms with Crippen LogP contribution in [0.3, 0.4) is 0 Å². The molecule has 1 N–H and O–H groups in total. The summed E-state index contributed by atoms with van der Waals surface area (Å²) in [7, 11) is 0. The quantitative estimate of drug-likeness (QED) is 0.819.